The van der Waals surface area contributed by atoms with E-state index in [1.807, 2.05) is 13.8 Å². The Hall–Kier alpha value is -1.87. The summed E-state index contributed by atoms with van der Waals surface area (Å²) in [7, 11) is -3.10. The Kier molecular flexibility index (Phi) is 5.38. The van der Waals surface area contributed by atoms with Gasteiger partial charge in [0.2, 0.25) is 0 Å². The molecule has 0 unspecified atom stereocenters. The van der Waals surface area contributed by atoms with Gasteiger partial charge < -0.3 is 4.74 Å². The van der Waals surface area contributed by atoms with Crippen molar-refractivity contribution in [2.45, 2.75) is 37.6 Å². The fraction of sp³-hybridized carbons (Fsp3) is 0.471. The highest BCUT2D eigenvalue weighted by atomic mass is 32.2. The van der Waals surface area contributed by atoms with E-state index >= 15 is 0 Å². The maximum Gasteiger partial charge on any atom is 0.316 e. The third-order valence-corrected chi connectivity index (χ3v) is 6.76. The zero-order valence-corrected chi connectivity index (χ0v) is 16.2. The number of hydrogen-bond donors (Lipinski definition) is 0. The number of fused-ring (bicyclic) bond motifs is 1. The van der Waals surface area contributed by atoms with Crippen LogP contribution in [0.3, 0.4) is 0 Å². The number of rotatable bonds is 5. The molecule has 0 bridgehead atoms. The van der Waals surface area contributed by atoms with Gasteiger partial charge in [0, 0.05) is 6.04 Å². The number of nitrogens with zero attached hydrogens (tertiary/aromatic N) is 2. The van der Waals surface area contributed by atoms with Gasteiger partial charge in [-0.15, -0.1) is 0 Å². The molecule has 2 heterocycles. The lowest BCUT2D eigenvalue weighted by Gasteiger charge is -2.16. The number of sulfone groups is 1. The van der Waals surface area contributed by atoms with Crippen LogP contribution in [0.4, 0.5) is 0 Å². The van der Waals surface area contributed by atoms with Crippen molar-refractivity contribution in [2.24, 2.45) is 0 Å². The first-order valence-corrected chi connectivity index (χ1v) is 11.1. The van der Waals surface area contributed by atoms with Crippen LogP contribution in [0.25, 0.3) is 10.9 Å². The lowest BCUT2D eigenvalue weighted by Crippen LogP contribution is -2.26. The minimum absolute atomic E-state index is 0.0337. The molecule has 1 aromatic carbocycles. The lowest BCUT2D eigenvalue weighted by molar-refractivity contribution is -0.144. The number of ether oxygens (including phenoxy) is 1. The highest BCUT2D eigenvalue weighted by Crippen LogP contribution is 2.22. The predicted molar refractivity (Wildman–Crippen MR) is 100 cm³/mol. The quantitative estimate of drug-likeness (QED) is 0.432. The van der Waals surface area contributed by atoms with E-state index in [1.54, 1.807) is 28.8 Å². The molecule has 7 nitrogen and oxygen atoms in total. The molecule has 0 radical (unpaired) electrons. The second kappa shape index (κ2) is 7.40. The number of thioether (sulfide) groups is 1. The number of aromatic nitrogens is 2. The topological polar surface area (TPSA) is 95.3 Å². The van der Waals surface area contributed by atoms with E-state index in [2.05, 4.69) is 4.98 Å². The van der Waals surface area contributed by atoms with E-state index in [-0.39, 0.29) is 28.9 Å². The van der Waals surface area contributed by atoms with Crippen LogP contribution in [-0.4, -0.2) is 47.3 Å². The number of benzene rings is 1. The van der Waals surface area contributed by atoms with Gasteiger partial charge in [-0.2, -0.15) is 0 Å². The Bertz CT molecular complexity index is 998. The zero-order chi connectivity index (χ0) is 18.9. The normalized spacial score (nSPS) is 19.1. The Morgan fingerprint density at radius 2 is 2.12 bits per heavy atom. The minimum Gasteiger partial charge on any atom is -0.461 e. The Labute approximate surface area is 155 Å². The van der Waals surface area contributed by atoms with Crippen molar-refractivity contribution in [3.8, 4) is 0 Å². The van der Waals surface area contributed by atoms with E-state index in [0.29, 0.717) is 22.5 Å². The molecule has 2 aromatic rings. The fourth-order valence-electron chi connectivity index (χ4n) is 2.88. The van der Waals surface area contributed by atoms with Crippen molar-refractivity contribution in [1.29, 1.82) is 0 Å². The van der Waals surface area contributed by atoms with Crippen molar-refractivity contribution in [3.05, 3.63) is 34.6 Å². The second-order valence-corrected chi connectivity index (χ2v) is 9.66. The largest absolute Gasteiger partial charge is 0.461 e. The average Bonchev–Trinajstić information content (AvgIpc) is 2.91. The molecule has 0 N–H and O–H groups in total. The number of carbonyl (C=O) groups excluding carboxylic acids is 1. The maximum atomic E-state index is 12.7. The third kappa shape index (κ3) is 4.09. The molecule has 1 aromatic heterocycles. The van der Waals surface area contributed by atoms with Crippen molar-refractivity contribution in [3.63, 3.8) is 0 Å². The summed E-state index contributed by atoms with van der Waals surface area (Å²) in [5, 5.41) is 0.976. The van der Waals surface area contributed by atoms with Gasteiger partial charge in [-0.3, -0.25) is 14.2 Å². The Balaban J connectivity index is 1.77. The summed E-state index contributed by atoms with van der Waals surface area (Å²) >= 11 is 1.12. The zero-order valence-electron chi connectivity index (χ0n) is 14.5. The SMILES string of the molecule is CC(C)n1c(SCC(=O)O[C@H]2CCS(=O)(=O)C2)nc2ccccc2c1=O. The third-order valence-electron chi connectivity index (χ3n) is 4.10. The number of carbonyl (C=O) groups is 1. The molecule has 1 atom stereocenters. The summed E-state index contributed by atoms with van der Waals surface area (Å²) in [6.45, 7) is 3.76. The average molecular weight is 396 g/mol. The monoisotopic (exact) mass is 396 g/mol. The van der Waals surface area contributed by atoms with Crippen LogP contribution in [0.1, 0.15) is 26.3 Å². The van der Waals surface area contributed by atoms with E-state index in [0.717, 1.165) is 11.8 Å². The van der Waals surface area contributed by atoms with E-state index in [1.165, 1.54) is 0 Å². The summed E-state index contributed by atoms with van der Waals surface area (Å²) < 4.78 is 29.7. The summed E-state index contributed by atoms with van der Waals surface area (Å²) in [5.74, 6) is -0.602. The van der Waals surface area contributed by atoms with Crippen LogP contribution < -0.4 is 5.56 Å². The van der Waals surface area contributed by atoms with Gasteiger partial charge in [0.1, 0.15) is 6.10 Å². The number of para-hydroxylation sites is 1. The first-order chi connectivity index (χ1) is 12.3. The fourth-order valence-corrected chi connectivity index (χ4v) is 5.38. The molecule has 1 aliphatic rings. The van der Waals surface area contributed by atoms with E-state index in [4.69, 9.17) is 4.74 Å². The number of hydrogen-bond acceptors (Lipinski definition) is 7. The first-order valence-electron chi connectivity index (χ1n) is 8.31. The summed E-state index contributed by atoms with van der Waals surface area (Å²) in [6, 6.07) is 6.96. The van der Waals surface area contributed by atoms with Crippen molar-refractivity contribution >= 4 is 38.5 Å². The molecule has 26 heavy (non-hydrogen) atoms. The van der Waals surface area contributed by atoms with E-state index in [9.17, 15) is 18.0 Å². The van der Waals surface area contributed by atoms with Gasteiger partial charge in [-0.25, -0.2) is 13.4 Å². The van der Waals surface area contributed by atoms with Crippen molar-refractivity contribution in [2.75, 3.05) is 17.3 Å². The molecular formula is C17H20N2O5S2. The molecule has 0 saturated carbocycles. The van der Waals surface area contributed by atoms with Crippen molar-refractivity contribution < 1.29 is 17.9 Å². The molecule has 1 fully saturated rings. The molecule has 1 aliphatic heterocycles. The highest BCUT2D eigenvalue weighted by Gasteiger charge is 2.30. The van der Waals surface area contributed by atoms with Gasteiger partial charge in [0.05, 0.1) is 28.2 Å². The van der Waals surface area contributed by atoms with Gasteiger partial charge in [-0.1, -0.05) is 23.9 Å². The van der Waals surface area contributed by atoms with Crippen LogP contribution in [-0.2, 0) is 19.4 Å². The van der Waals surface area contributed by atoms with E-state index < -0.39 is 21.9 Å². The predicted octanol–water partition coefficient (Wildman–Crippen LogP) is 1.80. The molecule has 0 amide bonds. The first kappa shape index (κ1) is 18.9. The molecular weight excluding hydrogens is 376 g/mol. The molecule has 0 spiro atoms. The highest BCUT2D eigenvalue weighted by molar-refractivity contribution is 7.99. The van der Waals surface area contributed by atoms with Crippen molar-refractivity contribution in [1.82, 2.24) is 9.55 Å². The summed E-state index contributed by atoms with van der Waals surface area (Å²) in [6.07, 6.45) is -0.242. The van der Waals surface area contributed by atoms with Gasteiger partial charge in [0.15, 0.2) is 15.0 Å². The maximum absolute atomic E-state index is 12.7. The number of esters is 1. The molecule has 9 heteroatoms. The molecule has 140 valence electrons. The second-order valence-electron chi connectivity index (χ2n) is 6.48. The minimum atomic E-state index is -3.10. The molecule has 1 saturated heterocycles. The lowest BCUT2D eigenvalue weighted by atomic mass is 10.2. The van der Waals surface area contributed by atoms with Crippen LogP contribution in [0.15, 0.2) is 34.2 Å². The van der Waals surface area contributed by atoms with Crippen LogP contribution in [0.2, 0.25) is 0 Å². The van der Waals surface area contributed by atoms with Gasteiger partial charge >= 0.3 is 5.97 Å². The smallest absolute Gasteiger partial charge is 0.316 e. The van der Waals surface area contributed by atoms with Crippen LogP contribution in [0.5, 0.6) is 0 Å². The van der Waals surface area contributed by atoms with Gasteiger partial charge in [-0.05, 0) is 32.4 Å². The van der Waals surface area contributed by atoms with Crippen LogP contribution >= 0.6 is 11.8 Å². The molecule has 3 rings (SSSR count). The van der Waals surface area contributed by atoms with Crippen LogP contribution in [0, 0.1) is 0 Å². The summed E-state index contributed by atoms with van der Waals surface area (Å²) in [5.41, 5.74) is 0.426. The Morgan fingerprint density at radius 1 is 1.38 bits per heavy atom. The Morgan fingerprint density at radius 3 is 2.77 bits per heavy atom. The van der Waals surface area contributed by atoms with Gasteiger partial charge in [0.25, 0.3) is 5.56 Å². The molecule has 0 aliphatic carbocycles. The summed E-state index contributed by atoms with van der Waals surface area (Å²) in [4.78, 5) is 29.3. The standard InChI is InChI=1S/C17H20N2O5S2/c1-11(2)19-16(21)13-5-3-4-6-14(13)18-17(19)25-9-15(20)24-12-7-8-26(22,23)10-12/h3-6,11-12H,7-10H2,1-2H3/t12-/m0/s1.